The van der Waals surface area contributed by atoms with Crippen molar-refractivity contribution >= 4 is 38.9 Å². The van der Waals surface area contributed by atoms with Gasteiger partial charge in [0.05, 0.1) is 11.4 Å². The van der Waals surface area contributed by atoms with Gasteiger partial charge in [0.2, 0.25) is 15.9 Å². The van der Waals surface area contributed by atoms with Gasteiger partial charge in [0.25, 0.3) is 0 Å². The highest BCUT2D eigenvalue weighted by Crippen LogP contribution is 2.29. The fraction of sp³-hybridized carbons (Fsp3) is 0.278. The lowest BCUT2D eigenvalue weighted by molar-refractivity contribution is -0.117. The van der Waals surface area contributed by atoms with Crippen LogP contribution in [-0.4, -0.2) is 20.9 Å². The summed E-state index contributed by atoms with van der Waals surface area (Å²) in [5, 5.41) is 0.417. The number of hydrogen-bond acceptors (Lipinski definition) is 3. The summed E-state index contributed by atoms with van der Waals surface area (Å²) in [5.41, 5.74) is 2.66. The highest BCUT2D eigenvalue weighted by atomic mass is 35.5. The maximum absolute atomic E-state index is 12.5. The van der Waals surface area contributed by atoms with Gasteiger partial charge < -0.3 is 4.90 Å². The number of nitrogens with zero attached hydrogens (tertiary/aromatic N) is 1. The average molecular weight is 379 g/mol. The molecule has 25 heavy (non-hydrogen) atoms. The second-order valence-corrected chi connectivity index (χ2v) is 8.23. The second kappa shape index (κ2) is 7.06. The average Bonchev–Trinajstić information content (AvgIpc) is 2.97. The fourth-order valence-corrected chi connectivity index (χ4v) is 4.40. The van der Waals surface area contributed by atoms with Gasteiger partial charge in [0.15, 0.2) is 0 Å². The molecule has 132 valence electrons. The van der Waals surface area contributed by atoms with Crippen molar-refractivity contribution in [1.29, 1.82) is 0 Å². The first-order chi connectivity index (χ1) is 11.9. The quantitative estimate of drug-likeness (QED) is 0.862. The standard InChI is InChI=1S/C18H19ClN2O3S/c1-13-8-9-15(11-17(13)21-10-4-7-18(21)22)20-25(23,24)12-14-5-2-3-6-16(14)19/h2-3,5-6,8-9,11,20H,4,7,10,12H2,1H3. The third kappa shape index (κ3) is 4.14. The van der Waals surface area contributed by atoms with E-state index in [-0.39, 0.29) is 11.7 Å². The summed E-state index contributed by atoms with van der Waals surface area (Å²) in [6.45, 7) is 2.57. The molecule has 0 atom stereocenters. The zero-order valence-electron chi connectivity index (χ0n) is 13.8. The Balaban J connectivity index is 1.83. The number of benzene rings is 2. The SMILES string of the molecule is Cc1ccc(NS(=O)(=O)Cc2ccccc2Cl)cc1N1CCCC1=O. The molecule has 2 aromatic rings. The zero-order chi connectivity index (χ0) is 18.0. The second-order valence-electron chi connectivity index (χ2n) is 6.10. The molecule has 7 heteroatoms. The van der Waals surface area contributed by atoms with E-state index in [1.807, 2.05) is 13.0 Å². The molecule has 0 aromatic heterocycles. The van der Waals surface area contributed by atoms with E-state index in [1.165, 1.54) is 0 Å². The van der Waals surface area contributed by atoms with E-state index in [0.29, 0.717) is 29.2 Å². The Hall–Kier alpha value is -2.05. The molecule has 1 aliphatic rings. The Morgan fingerprint density at radius 1 is 1.20 bits per heavy atom. The minimum Gasteiger partial charge on any atom is -0.312 e. The number of rotatable bonds is 5. The zero-order valence-corrected chi connectivity index (χ0v) is 15.4. The fourth-order valence-electron chi connectivity index (χ4n) is 2.90. The summed E-state index contributed by atoms with van der Waals surface area (Å²) in [6, 6.07) is 12.1. The molecule has 0 spiro atoms. The van der Waals surface area contributed by atoms with E-state index >= 15 is 0 Å². The lowest BCUT2D eigenvalue weighted by Gasteiger charge is -2.19. The van der Waals surface area contributed by atoms with Crippen LogP contribution in [0.4, 0.5) is 11.4 Å². The van der Waals surface area contributed by atoms with Crippen molar-refractivity contribution in [3.05, 3.63) is 58.6 Å². The van der Waals surface area contributed by atoms with Crippen molar-refractivity contribution in [2.75, 3.05) is 16.2 Å². The van der Waals surface area contributed by atoms with E-state index < -0.39 is 10.0 Å². The molecule has 0 aliphatic carbocycles. The highest BCUT2D eigenvalue weighted by Gasteiger charge is 2.23. The van der Waals surface area contributed by atoms with Crippen LogP contribution in [0.25, 0.3) is 0 Å². The van der Waals surface area contributed by atoms with Gasteiger partial charge in [-0.25, -0.2) is 8.42 Å². The monoisotopic (exact) mass is 378 g/mol. The molecule has 0 unspecified atom stereocenters. The van der Waals surface area contributed by atoms with Gasteiger partial charge in [-0.3, -0.25) is 9.52 Å². The summed E-state index contributed by atoms with van der Waals surface area (Å²) in [4.78, 5) is 13.7. The Kier molecular flexibility index (Phi) is 5.01. The van der Waals surface area contributed by atoms with Crippen molar-refractivity contribution < 1.29 is 13.2 Å². The first-order valence-corrected chi connectivity index (χ1v) is 10.0. The third-order valence-electron chi connectivity index (χ3n) is 4.15. The van der Waals surface area contributed by atoms with Crippen LogP contribution in [0.1, 0.15) is 24.0 Å². The number of nitrogens with one attached hydrogen (secondary N) is 1. The van der Waals surface area contributed by atoms with Gasteiger partial charge in [-0.15, -0.1) is 0 Å². The van der Waals surface area contributed by atoms with Crippen LogP contribution in [0, 0.1) is 6.92 Å². The van der Waals surface area contributed by atoms with Gasteiger partial charge in [-0.1, -0.05) is 35.9 Å². The summed E-state index contributed by atoms with van der Waals surface area (Å²) >= 11 is 6.05. The topological polar surface area (TPSA) is 66.5 Å². The number of anilines is 2. The van der Waals surface area contributed by atoms with Crippen molar-refractivity contribution in [1.82, 2.24) is 0 Å². The van der Waals surface area contributed by atoms with Crippen molar-refractivity contribution in [3.63, 3.8) is 0 Å². The maximum Gasteiger partial charge on any atom is 0.236 e. The molecule has 0 bridgehead atoms. The van der Waals surface area contributed by atoms with E-state index in [2.05, 4.69) is 4.72 Å². The van der Waals surface area contributed by atoms with Gasteiger partial charge in [-0.05, 0) is 42.7 Å². The van der Waals surface area contributed by atoms with Crippen LogP contribution in [-0.2, 0) is 20.6 Å². The van der Waals surface area contributed by atoms with Crippen LogP contribution in [0.3, 0.4) is 0 Å². The van der Waals surface area contributed by atoms with Crippen LogP contribution >= 0.6 is 11.6 Å². The third-order valence-corrected chi connectivity index (χ3v) is 5.76. The van der Waals surface area contributed by atoms with Gasteiger partial charge in [0.1, 0.15) is 0 Å². The molecular weight excluding hydrogens is 360 g/mol. The maximum atomic E-state index is 12.5. The number of halogens is 1. The van der Waals surface area contributed by atoms with Crippen molar-refractivity contribution in [2.45, 2.75) is 25.5 Å². The summed E-state index contributed by atoms with van der Waals surface area (Å²) in [7, 11) is -3.61. The number of hydrogen-bond donors (Lipinski definition) is 1. The van der Waals surface area contributed by atoms with Crippen LogP contribution in [0.5, 0.6) is 0 Å². The van der Waals surface area contributed by atoms with E-state index in [0.717, 1.165) is 17.7 Å². The first-order valence-electron chi connectivity index (χ1n) is 8.01. The van der Waals surface area contributed by atoms with E-state index in [4.69, 9.17) is 11.6 Å². The van der Waals surface area contributed by atoms with Gasteiger partial charge in [-0.2, -0.15) is 0 Å². The number of amides is 1. The van der Waals surface area contributed by atoms with E-state index in [1.54, 1.807) is 41.3 Å². The largest absolute Gasteiger partial charge is 0.312 e. The molecule has 1 fully saturated rings. The minimum absolute atomic E-state index is 0.0687. The number of carbonyl (C=O) groups excluding carboxylic acids is 1. The van der Waals surface area contributed by atoms with Crippen LogP contribution in [0.15, 0.2) is 42.5 Å². The highest BCUT2D eigenvalue weighted by molar-refractivity contribution is 7.91. The van der Waals surface area contributed by atoms with Crippen LogP contribution < -0.4 is 9.62 Å². The molecule has 5 nitrogen and oxygen atoms in total. The summed E-state index contributed by atoms with van der Waals surface area (Å²) in [5.74, 6) is -0.141. The normalized spacial score (nSPS) is 14.8. The molecule has 0 radical (unpaired) electrons. The number of sulfonamides is 1. The van der Waals surface area contributed by atoms with Crippen LogP contribution in [0.2, 0.25) is 5.02 Å². The molecular formula is C18H19ClN2O3S. The Morgan fingerprint density at radius 3 is 2.64 bits per heavy atom. The molecule has 0 saturated carbocycles. The number of aryl methyl sites for hydroxylation is 1. The Labute approximate surface area is 152 Å². The van der Waals surface area contributed by atoms with Crippen molar-refractivity contribution in [3.8, 4) is 0 Å². The summed E-state index contributed by atoms with van der Waals surface area (Å²) in [6.07, 6.45) is 1.35. The molecule has 1 N–H and O–H groups in total. The van der Waals surface area contributed by atoms with Gasteiger partial charge in [0, 0.05) is 23.7 Å². The molecule has 3 rings (SSSR count). The smallest absolute Gasteiger partial charge is 0.236 e. The van der Waals surface area contributed by atoms with E-state index in [9.17, 15) is 13.2 Å². The lowest BCUT2D eigenvalue weighted by Crippen LogP contribution is -2.24. The summed E-state index contributed by atoms with van der Waals surface area (Å²) < 4.78 is 27.5. The molecule has 1 saturated heterocycles. The predicted molar refractivity (Wildman–Crippen MR) is 100 cm³/mol. The Morgan fingerprint density at radius 2 is 1.96 bits per heavy atom. The molecule has 2 aromatic carbocycles. The molecule has 1 aliphatic heterocycles. The number of carbonyl (C=O) groups is 1. The minimum atomic E-state index is -3.61. The van der Waals surface area contributed by atoms with Crippen molar-refractivity contribution in [2.24, 2.45) is 0 Å². The molecule has 1 heterocycles. The molecule has 1 amide bonds. The first kappa shape index (κ1) is 17.8. The predicted octanol–water partition coefficient (Wildman–Crippen LogP) is 3.72. The Bertz CT molecular complexity index is 912. The van der Waals surface area contributed by atoms with Gasteiger partial charge >= 0.3 is 0 Å². The lowest BCUT2D eigenvalue weighted by atomic mass is 10.1.